The van der Waals surface area contributed by atoms with E-state index in [1.54, 1.807) is 6.07 Å². The van der Waals surface area contributed by atoms with Gasteiger partial charge in [0, 0.05) is 34.8 Å². The summed E-state index contributed by atoms with van der Waals surface area (Å²) in [4.78, 5) is 19.1. The number of nitrogens with one attached hydrogen (secondary N) is 1. The van der Waals surface area contributed by atoms with Crippen molar-refractivity contribution in [3.05, 3.63) is 23.4 Å². The number of carbonyl (C=O) groups is 1. The molecule has 0 aliphatic carbocycles. The number of nitrogen functional groups attached to an aromatic ring is 1. The van der Waals surface area contributed by atoms with Crippen molar-refractivity contribution >= 4 is 23.5 Å². The minimum atomic E-state index is 0.0743. The van der Waals surface area contributed by atoms with E-state index in [2.05, 4.69) is 31.2 Å². The number of hydrogen-bond donors (Lipinski definition) is 2. The van der Waals surface area contributed by atoms with Crippen LogP contribution >= 0.6 is 11.8 Å². The van der Waals surface area contributed by atoms with Gasteiger partial charge >= 0.3 is 0 Å². The zero-order valence-electron chi connectivity index (χ0n) is 12.9. The molecule has 1 amide bonds. The lowest BCUT2D eigenvalue weighted by Gasteiger charge is -2.34. The number of thioether (sulfide) groups is 1. The van der Waals surface area contributed by atoms with Crippen LogP contribution in [0, 0.1) is 0 Å². The maximum Gasteiger partial charge on any atom is 0.254 e. The molecule has 2 unspecified atom stereocenters. The molecule has 2 rings (SSSR count). The molecule has 2 atom stereocenters. The van der Waals surface area contributed by atoms with Crippen LogP contribution in [0.3, 0.4) is 0 Å². The molecule has 6 heteroatoms. The van der Waals surface area contributed by atoms with E-state index >= 15 is 0 Å². The molecule has 21 heavy (non-hydrogen) atoms. The molecule has 0 bridgehead atoms. The highest BCUT2D eigenvalue weighted by Crippen LogP contribution is 2.26. The molecule has 0 saturated carbocycles. The summed E-state index contributed by atoms with van der Waals surface area (Å²) in [6.07, 6.45) is 1.83. The molecular formula is C15H24N4OS. The van der Waals surface area contributed by atoms with Gasteiger partial charge in [-0.1, -0.05) is 27.2 Å². The van der Waals surface area contributed by atoms with Crippen molar-refractivity contribution in [3.8, 4) is 0 Å². The predicted molar refractivity (Wildman–Crippen MR) is 88.5 cm³/mol. The van der Waals surface area contributed by atoms with Gasteiger partial charge in [0.1, 0.15) is 5.82 Å². The first-order valence-corrected chi connectivity index (χ1v) is 8.40. The Balaban J connectivity index is 2.23. The third-order valence-corrected chi connectivity index (χ3v) is 4.71. The van der Waals surface area contributed by atoms with Crippen LogP contribution in [-0.2, 0) is 6.42 Å². The third kappa shape index (κ3) is 4.11. The molecule has 0 aromatic carbocycles. The molecule has 116 valence electrons. The maximum absolute atomic E-state index is 12.7. The van der Waals surface area contributed by atoms with Crippen molar-refractivity contribution < 1.29 is 4.79 Å². The van der Waals surface area contributed by atoms with Crippen LogP contribution in [-0.4, -0.2) is 39.4 Å². The normalized spacial score (nSPS) is 22.2. The Bertz CT molecular complexity index is 498. The minimum Gasteiger partial charge on any atom is -0.336 e. The van der Waals surface area contributed by atoms with Gasteiger partial charge in [-0.3, -0.25) is 4.79 Å². The Labute approximate surface area is 130 Å². The Morgan fingerprint density at radius 3 is 2.67 bits per heavy atom. The second-order valence-electron chi connectivity index (χ2n) is 5.59. The summed E-state index contributed by atoms with van der Waals surface area (Å²) in [5.41, 5.74) is 4.14. The van der Waals surface area contributed by atoms with Gasteiger partial charge in [0.2, 0.25) is 0 Å². The summed E-state index contributed by atoms with van der Waals surface area (Å²) < 4.78 is 0. The summed E-state index contributed by atoms with van der Waals surface area (Å²) in [6, 6.07) is 3.63. The molecule has 0 radical (unpaired) electrons. The van der Waals surface area contributed by atoms with Crippen LogP contribution in [0.5, 0.6) is 0 Å². The SMILES string of the molecule is CCCc1cc(C(=O)N2CC(C)SC(C)C2)cc(NN)n1. The molecule has 0 spiro atoms. The molecular weight excluding hydrogens is 284 g/mol. The predicted octanol–water partition coefficient (Wildman–Crippen LogP) is 2.29. The molecule has 2 heterocycles. The van der Waals surface area contributed by atoms with Gasteiger partial charge in [-0.25, -0.2) is 10.8 Å². The van der Waals surface area contributed by atoms with Crippen molar-refractivity contribution in [1.29, 1.82) is 0 Å². The summed E-state index contributed by atoms with van der Waals surface area (Å²) >= 11 is 1.94. The van der Waals surface area contributed by atoms with Gasteiger partial charge in [-0.2, -0.15) is 11.8 Å². The minimum absolute atomic E-state index is 0.0743. The molecule has 3 N–H and O–H groups in total. The standard InChI is InChI=1S/C15H24N4OS/c1-4-5-13-6-12(7-14(17-13)18-16)15(20)19-8-10(2)21-11(3)9-19/h6-7,10-11H,4-5,8-9,16H2,1-3H3,(H,17,18). The number of carbonyl (C=O) groups excluding carboxylic acids is 1. The Morgan fingerprint density at radius 1 is 1.43 bits per heavy atom. The van der Waals surface area contributed by atoms with Crippen LogP contribution in [0.1, 0.15) is 43.2 Å². The number of nitrogens with zero attached hydrogens (tertiary/aromatic N) is 2. The lowest BCUT2D eigenvalue weighted by atomic mass is 10.1. The van der Waals surface area contributed by atoms with Crippen molar-refractivity contribution in [2.45, 2.75) is 44.1 Å². The first kappa shape index (κ1) is 16.1. The molecule has 1 aliphatic heterocycles. The van der Waals surface area contributed by atoms with Gasteiger partial charge < -0.3 is 10.3 Å². The average molecular weight is 308 g/mol. The Kier molecular flexibility index (Phi) is 5.47. The number of aromatic nitrogens is 1. The fourth-order valence-corrected chi connectivity index (χ4v) is 4.02. The first-order valence-electron chi connectivity index (χ1n) is 7.45. The summed E-state index contributed by atoms with van der Waals surface area (Å²) in [5.74, 6) is 6.09. The average Bonchev–Trinajstić information content (AvgIpc) is 2.45. The number of aryl methyl sites for hydroxylation is 1. The van der Waals surface area contributed by atoms with Crippen molar-refractivity contribution in [2.24, 2.45) is 5.84 Å². The number of nitrogens with two attached hydrogens (primary N) is 1. The van der Waals surface area contributed by atoms with Crippen LogP contribution < -0.4 is 11.3 Å². The van der Waals surface area contributed by atoms with Crippen LogP contribution in [0.2, 0.25) is 0 Å². The van der Waals surface area contributed by atoms with Crippen LogP contribution in [0.15, 0.2) is 12.1 Å². The van der Waals surface area contributed by atoms with E-state index < -0.39 is 0 Å². The van der Waals surface area contributed by atoms with Gasteiger partial charge in [0.15, 0.2) is 0 Å². The zero-order valence-corrected chi connectivity index (χ0v) is 13.7. The van der Waals surface area contributed by atoms with Gasteiger partial charge in [-0.15, -0.1) is 0 Å². The highest BCUT2D eigenvalue weighted by Gasteiger charge is 2.27. The van der Waals surface area contributed by atoms with Gasteiger partial charge in [0.05, 0.1) is 0 Å². The fraction of sp³-hybridized carbons (Fsp3) is 0.600. The van der Waals surface area contributed by atoms with Gasteiger partial charge in [0.25, 0.3) is 5.91 Å². The van der Waals surface area contributed by atoms with E-state index in [0.717, 1.165) is 31.6 Å². The highest BCUT2D eigenvalue weighted by molar-refractivity contribution is 8.00. The second-order valence-corrected chi connectivity index (χ2v) is 7.48. The molecule has 1 saturated heterocycles. The molecule has 5 nitrogen and oxygen atoms in total. The quantitative estimate of drug-likeness (QED) is 0.659. The summed E-state index contributed by atoms with van der Waals surface area (Å²) in [5, 5.41) is 0.948. The van der Waals surface area contributed by atoms with Crippen molar-refractivity contribution in [3.63, 3.8) is 0 Å². The number of hydrogen-bond acceptors (Lipinski definition) is 5. The highest BCUT2D eigenvalue weighted by atomic mass is 32.2. The van der Waals surface area contributed by atoms with Gasteiger partial charge in [-0.05, 0) is 18.6 Å². The largest absolute Gasteiger partial charge is 0.336 e. The molecule has 1 aromatic heterocycles. The molecule has 1 aromatic rings. The lowest BCUT2D eigenvalue weighted by Crippen LogP contribution is -2.44. The van der Waals surface area contributed by atoms with E-state index in [0.29, 0.717) is 21.9 Å². The maximum atomic E-state index is 12.7. The zero-order chi connectivity index (χ0) is 15.4. The number of amides is 1. The number of pyridine rings is 1. The number of rotatable bonds is 4. The van der Waals surface area contributed by atoms with Crippen LogP contribution in [0.4, 0.5) is 5.82 Å². The first-order chi connectivity index (χ1) is 10.0. The van der Waals surface area contributed by atoms with E-state index in [9.17, 15) is 4.79 Å². The summed E-state index contributed by atoms with van der Waals surface area (Å²) in [7, 11) is 0. The topological polar surface area (TPSA) is 71.2 Å². The third-order valence-electron chi connectivity index (χ3n) is 3.49. The number of hydrazine groups is 1. The Hall–Kier alpha value is -1.27. The monoisotopic (exact) mass is 308 g/mol. The molecule has 1 fully saturated rings. The molecule has 1 aliphatic rings. The fourth-order valence-electron chi connectivity index (χ4n) is 2.70. The van der Waals surface area contributed by atoms with E-state index in [1.165, 1.54) is 0 Å². The van der Waals surface area contributed by atoms with E-state index in [-0.39, 0.29) is 5.91 Å². The van der Waals surface area contributed by atoms with Crippen LogP contribution in [0.25, 0.3) is 0 Å². The smallest absolute Gasteiger partial charge is 0.254 e. The van der Waals surface area contributed by atoms with E-state index in [4.69, 9.17) is 5.84 Å². The van der Waals surface area contributed by atoms with E-state index in [1.807, 2.05) is 22.7 Å². The van der Waals surface area contributed by atoms with Crippen molar-refractivity contribution in [1.82, 2.24) is 9.88 Å². The second kappa shape index (κ2) is 7.13. The Morgan fingerprint density at radius 2 is 2.10 bits per heavy atom. The lowest BCUT2D eigenvalue weighted by molar-refractivity contribution is 0.0753. The van der Waals surface area contributed by atoms with Crippen molar-refractivity contribution in [2.75, 3.05) is 18.5 Å². The number of anilines is 1. The summed E-state index contributed by atoms with van der Waals surface area (Å²) in [6.45, 7) is 8.03.